The van der Waals surface area contributed by atoms with Crippen LogP contribution in [-0.2, 0) is 9.53 Å². The van der Waals surface area contributed by atoms with Gasteiger partial charge in [0.15, 0.2) is 6.61 Å². The molecule has 2 aromatic carbocycles. The van der Waals surface area contributed by atoms with E-state index < -0.39 is 24.5 Å². The van der Waals surface area contributed by atoms with E-state index in [1.54, 1.807) is 30.3 Å². The first kappa shape index (κ1) is 20.5. The van der Waals surface area contributed by atoms with Gasteiger partial charge in [0.05, 0.1) is 18.7 Å². The summed E-state index contributed by atoms with van der Waals surface area (Å²) in [4.78, 5) is 25.6. The molecule has 0 saturated heterocycles. The van der Waals surface area contributed by atoms with Gasteiger partial charge in [-0.15, -0.1) is 11.3 Å². The second-order valence-corrected chi connectivity index (χ2v) is 7.31. The summed E-state index contributed by atoms with van der Waals surface area (Å²) in [5.74, 6) is -0.863. The van der Waals surface area contributed by atoms with E-state index in [1.807, 2.05) is 24.4 Å². The fourth-order valence-corrected chi connectivity index (χ4v) is 3.60. The number of nitrogens with one attached hydrogen (secondary N) is 1. The molecule has 3 rings (SSSR count). The first-order valence-corrected chi connectivity index (χ1v) is 9.76. The Bertz CT molecular complexity index is 987. The summed E-state index contributed by atoms with van der Waals surface area (Å²) >= 11 is 1.47. The van der Waals surface area contributed by atoms with E-state index in [4.69, 9.17) is 9.47 Å². The van der Waals surface area contributed by atoms with Crippen molar-refractivity contribution in [3.63, 3.8) is 0 Å². The number of esters is 1. The van der Waals surface area contributed by atoms with Crippen LogP contribution in [0.3, 0.4) is 0 Å². The van der Waals surface area contributed by atoms with Crippen LogP contribution in [-0.4, -0.2) is 25.6 Å². The van der Waals surface area contributed by atoms with Gasteiger partial charge in [0.25, 0.3) is 5.91 Å². The molecule has 7 heteroatoms. The molecule has 0 saturated carbocycles. The topological polar surface area (TPSA) is 64.6 Å². The van der Waals surface area contributed by atoms with Gasteiger partial charge in [-0.2, -0.15) is 0 Å². The summed E-state index contributed by atoms with van der Waals surface area (Å²) in [6, 6.07) is 14.1. The van der Waals surface area contributed by atoms with E-state index >= 15 is 0 Å². The SMILES string of the molecule is COc1cc(C(=O)OCC(=O)N[C@H](c2ccc(F)cc2)c2cccs2)ccc1C. The third kappa shape index (κ3) is 5.20. The summed E-state index contributed by atoms with van der Waals surface area (Å²) in [5, 5.41) is 4.73. The molecule has 0 radical (unpaired) electrons. The van der Waals surface area contributed by atoms with Crippen LogP contribution in [0.1, 0.15) is 32.4 Å². The minimum absolute atomic E-state index is 0.300. The highest BCUT2D eigenvalue weighted by atomic mass is 32.1. The van der Waals surface area contributed by atoms with Gasteiger partial charge in [-0.3, -0.25) is 4.79 Å². The van der Waals surface area contributed by atoms with Gasteiger partial charge >= 0.3 is 5.97 Å². The lowest BCUT2D eigenvalue weighted by molar-refractivity contribution is -0.124. The number of carbonyl (C=O) groups excluding carboxylic acids is 2. The molecule has 0 spiro atoms. The molecule has 1 N–H and O–H groups in total. The monoisotopic (exact) mass is 413 g/mol. The Balaban J connectivity index is 1.66. The van der Waals surface area contributed by atoms with Crippen LogP contribution in [0.2, 0.25) is 0 Å². The molecule has 0 bridgehead atoms. The lowest BCUT2D eigenvalue weighted by Crippen LogP contribution is -2.32. The number of hydrogen-bond acceptors (Lipinski definition) is 5. The molecule has 5 nitrogen and oxygen atoms in total. The molecule has 1 aromatic heterocycles. The number of thiophene rings is 1. The zero-order chi connectivity index (χ0) is 20.8. The first-order chi connectivity index (χ1) is 14.0. The fraction of sp³-hybridized carbons (Fsp3) is 0.182. The number of rotatable bonds is 7. The molecule has 150 valence electrons. The predicted octanol–water partition coefficient (Wildman–Crippen LogP) is 4.27. The van der Waals surface area contributed by atoms with Gasteiger partial charge in [0.1, 0.15) is 11.6 Å². The van der Waals surface area contributed by atoms with Crippen LogP contribution in [0.25, 0.3) is 0 Å². The van der Waals surface area contributed by atoms with Crippen molar-refractivity contribution in [3.05, 3.63) is 87.4 Å². The Labute approximate surface area is 172 Å². The van der Waals surface area contributed by atoms with E-state index in [1.165, 1.54) is 30.6 Å². The van der Waals surface area contributed by atoms with Gasteiger partial charge in [-0.25, -0.2) is 9.18 Å². The maximum Gasteiger partial charge on any atom is 0.338 e. The molecule has 1 atom stereocenters. The van der Waals surface area contributed by atoms with E-state index in [0.29, 0.717) is 11.3 Å². The van der Waals surface area contributed by atoms with Crippen LogP contribution >= 0.6 is 11.3 Å². The van der Waals surface area contributed by atoms with Crippen LogP contribution in [0.5, 0.6) is 5.75 Å². The molecule has 1 amide bonds. The summed E-state index contributed by atoms with van der Waals surface area (Å²) in [6.07, 6.45) is 0. The zero-order valence-corrected chi connectivity index (χ0v) is 16.8. The molecule has 1 heterocycles. The van der Waals surface area contributed by atoms with Crippen molar-refractivity contribution in [2.75, 3.05) is 13.7 Å². The molecule has 3 aromatic rings. The Morgan fingerprint density at radius 1 is 1.14 bits per heavy atom. The molecular formula is C22H20FNO4S. The van der Waals surface area contributed by atoms with E-state index in [9.17, 15) is 14.0 Å². The lowest BCUT2D eigenvalue weighted by Gasteiger charge is -2.18. The number of ether oxygens (including phenoxy) is 2. The lowest BCUT2D eigenvalue weighted by atomic mass is 10.1. The Morgan fingerprint density at radius 3 is 2.55 bits per heavy atom. The average Bonchev–Trinajstić information content (AvgIpc) is 3.26. The van der Waals surface area contributed by atoms with Gasteiger partial charge in [-0.05, 0) is 53.8 Å². The van der Waals surface area contributed by atoms with Crippen LogP contribution < -0.4 is 10.1 Å². The summed E-state index contributed by atoms with van der Waals surface area (Å²) < 4.78 is 23.6. The van der Waals surface area contributed by atoms with Gasteiger partial charge in [0.2, 0.25) is 0 Å². The van der Waals surface area contributed by atoms with Crippen molar-refractivity contribution in [1.29, 1.82) is 0 Å². The van der Waals surface area contributed by atoms with E-state index in [-0.39, 0.29) is 5.82 Å². The molecule has 0 aliphatic heterocycles. The molecule has 0 aliphatic rings. The first-order valence-electron chi connectivity index (χ1n) is 8.88. The zero-order valence-electron chi connectivity index (χ0n) is 16.0. The standard InChI is InChI=1S/C22H20FNO4S/c1-14-5-6-16(12-18(14)27-2)22(26)28-13-20(25)24-21(19-4-3-11-29-19)15-7-9-17(23)10-8-15/h3-12,21H,13H2,1-2H3,(H,24,25)/t21-/m1/s1. The van der Waals surface area contributed by atoms with Crippen molar-refractivity contribution in [1.82, 2.24) is 5.32 Å². The van der Waals surface area contributed by atoms with Gasteiger partial charge in [0, 0.05) is 4.88 Å². The second kappa shape index (κ2) is 9.34. The third-order valence-corrected chi connectivity index (χ3v) is 5.25. The normalized spacial score (nSPS) is 11.6. The minimum Gasteiger partial charge on any atom is -0.496 e. The number of hydrogen-bond donors (Lipinski definition) is 1. The number of benzene rings is 2. The highest BCUT2D eigenvalue weighted by molar-refractivity contribution is 7.10. The smallest absolute Gasteiger partial charge is 0.338 e. The van der Waals surface area contributed by atoms with E-state index in [0.717, 1.165) is 16.0 Å². The van der Waals surface area contributed by atoms with E-state index in [2.05, 4.69) is 5.32 Å². The maximum atomic E-state index is 13.3. The number of halogens is 1. The predicted molar refractivity (Wildman–Crippen MR) is 109 cm³/mol. The largest absolute Gasteiger partial charge is 0.496 e. The number of aryl methyl sites for hydroxylation is 1. The highest BCUT2D eigenvalue weighted by Gasteiger charge is 2.19. The molecule has 0 aliphatic carbocycles. The number of amides is 1. The van der Waals surface area contributed by atoms with Crippen LogP contribution in [0.15, 0.2) is 60.0 Å². The molecule has 29 heavy (non-hydrogen) atoms. The van der Waals surface area contributed by atoms with Crippen molar-refractivity contribution in [2.45, 2.75) is 13.0 Å². The summed E-state index contributed by atoms with van der Waals surface area (Å²) in [7, 11) is 1.52. The van der Waals surface area contributed by atoms with Crippen LogP contribution in [0, 0.1) is 12.7 Å². The quantitative estimate of drug-likeness (QED) is 0.588. The third-order valence-electron chi connectivity index (χ3n) is 4.31. The molecule has 0 fully saturated rings. The molecular weight excluding hydrogens is 393 g/mol. The number of carbonyl (C=O) groups is 2. The highest BCUT2D eigenvalue weighted by Crippen LogP contribution is 2.26. The van der Waals surface area contributed by atoms with Crippen molar-refractivity contribution >= 4 is 23.2 Å². The van der Waals surface area contributed by atoms with Crippen molar-refractivity contribution in [2.24, 2.45) is 0 Å². The second-order valence-electron chi connectivity index (χ2n) is 6.33. The fourth-order valence-electron chi connectivity index (χ4n) is 2.79. The summed E-state index contributed by atoms with van der Waals surface area (Å²) in [6.45, 7) is 1.43. The minimum atomic E-state index is -0.618. The van der Waals surface area contributed by atoms with Gasteiger partial charge in [-0.1, -0.05) is 24.3 Å². The maximum absolute atomic E-state index is 13.3. The Morgan fingerprint density at radius 2 is 1.90 bits per heavy atom. The Hall–Kier alpha value is -3.19. The Kier molecular flexibility index (Phi) is 6.61. The molecule has 0 unspecified atom stereocenters. The summed E-state index contributed by atoms with van der Waals surface area (Å²) in [5.41, 5.74) is 1.92. The van der Waals surface area contributed by atoms with Crippen molar-refractivity contribution in [3.8, 4) is 5.75 Å². The van der Waals surface area contributed by atoms with Gasteiger partial charge < -0.3 is 14.8 Å². The average molecular weight is 413 g/mol. The van der Waals surface area contributed by atoms with Crippen LogP contribution in [0.4, 0.5) is 4.39 Å². The van der Waals surface area contributed by atoms with Crippen molar-refractivity contribution < 1.29 is 23.5 Å². The number of methoxy groups -OCH3 is 1.